The summed E-state index contributed by atoms with van der Waals surface area (Å²) >= 11 is 0. The van der Waals surface area contributed by atoms with Crippen molar-refractivity contribution in [1.29, 1.82) is 0 Å². The third-order valence-electron chi connectivity index (χ3n) is 2.08. The molecule has 2 rings (SSSR count). The molecule has 0 amide bonds. The van der Waals surface area contributed by atoms with Gasteiger partial charge in [0.1, 0.15) is 11.6 Å². The van der Waals surface area contributed by atoms with Crippen molar-refractivity contribution < 1.29 is 9.13 Å². The largest absolute Gasteiger partial charge is 0.493 e. The lowest BCUT2D eigenvalue weighted by Crippen LogP contribution is -1.96. The fraction of sp³-hybridized carbons (Fsp3) is 0.333. The first-order valence-corrected chi connectivity index (χ1v) is 3.95. The molecule has 0 saturated carbocycles. The summed E-state index contributed by atoms with van der Waals surface area (Å²) in [5, 5.41) is 2.84. The molecule has 0 bridgehead atoms. The minimum atomic E-state index is -0.207. The summed E-state index contributed by atoms with van der Waals surface area (Å²) in [6.45, 7) is 0.660. The SMILES string of the molecule is CNc1c(F)ccc2c1CCO2. The number of ether oxygens (including phenoxy) is 1. The van der Waals surface area contributed by atoms with E-state index in [-0.39, 0.29) is 5.82 Å². The van der Waals surface area contributed by atoms with Gasteiger partial charge in [0.25, 0.3) is 0 Å². The van der Waals surface area contributed by atoms with Crippen LogP contribution in [0.1, 0.15) is 5.56 Å². The number of anilines is 1. The second kappa shape index (κ2) is 2.66. The van der Waals surface area contributed by atoms with Gasteiger partial charge in [0.15, 0.2) is 0 Å². The Morgan fingerprint density at radius 1 is 1.50 bits per heavy atom. The molecule has 0 unspecified atom stereocenters. The smallest absolute Gasteiger partial charge is 0.146 e. The van der Waals surface area contributed by atoms with E-state index in [1.165, 1.54) is 6.07 Å². The Hall–Kier alpha value is -1.25. The predicted molar refractivity (Wildman–Crippen MR) is 45.1 cm³/mol. The number of nitrogens with one attached hydrogen (secondary N) is 1. The Bertz CT molecular complexity index is 312. The molecule has 0 fully saturated rings. The predicted octanol–water partition coefficient (Wildman–Crippen LogP) is 1.80. The van der Waals surface area contributed by atoms with Gasteiger partial charge >= 0.3 is 0 Å². The third kappa shape index (κ3) is 0.932. The Kier molecular flexibility index (Phi) is 1.64. The summed E-state index contributed by atoms with van der Waals surface area (Å²) in [5.41, 5.74) is 1.53. The average molecular weight is 167 g/mol. The molecule has 0 aromatic heterocycles. The molecule has 0 radical (unpaired) electrons. The number of hydrogen-bond acceptors (Lipinski definition) is 2. The monoisotopic (exact) mass is 167 g/mol. The van der Waals surface area contributed by atoms with Crippen LogP contribution < -0.4 is 10.1 Å². The zero-order chi connectivity index (χ0) is 8.55. The van der Waals surface area contributed by atoms with Crippen LogP contribution in [0.15, 0.2) is 12.1 Å². The molecule has 3 heteroatoms. The summed E-state index contributed by atoms with van der Waals surface area (Å²) in [5.74, 6) is 0.600. The molecule has 1 aromatic carbocycles. The van der Waals surface area contributed by atoms with Crippen molar-refractivity contribution in [2.24, 2.45) is 0 Å². The first kappa shape index (κ1) is 7.40. The number of halogens is 1. The van der Waals surface area contributed by atoms with E-state index in [9.17, 15) is 4.39 Å². The number of rotatable bonds is 1. The molecule has 1 aliphatic rings. The van der Waals surface area contributed by atoms with Crippen LogP contribution >= 0.6 is 0 Å². The summed E-state index contributed by atoms with van der Waals surface area (Å²) in [7, 11) is 1.72. The molecule has 1 aliphatic heterocycles. The van der Waals surface area contributed by atoms with Crippen molar-refractivity contribution in [2.45, 2.75) is 6.42 Å². The zero-order valence-electron chi connectivity index (χ0n) is 6.86. The van der Waals surface area contributed by atoms with E-state index < -0.39 is 0 Å². The van der Waals surface area contributed by atoms with Gasteiger partial charge in [-0.3, -0.25) is 0 Å². The normalized spacial score (nSPS) is 13.8. The van der Waals surface area contributed by atoms with Gasteiger partial charge in [0.2, 0.25) is 0 Å². The van der Waals surface area contributed by atoms with Gasteiger partial charge in [-0.1, -0.05) is 0 Å². The highest BCUT2D eigenvalue weighted by Crippen LogP contribution is 2.33. The van der Waals surface area contributed by atoms with Crippen LogP contribution in [0, 0.1) is 5.82 Å². The molecule has 0 aliphatic carbocycles. The van der Waals surface area contributed by atoms with E-state index in [1.807, 2.05) is 0 Å². The third-order valence-corrected chi connectivity index (χ3v) is 2.08. The summed E-state index contributed by atoms with van der Waals surface area (Å²) in [6.07, 6.45) is 0.795. The second-order valence-electron chi connectivity index (χ2n) is 2.75. The van der Waals surface area contributed by atoms with E-state index >= 15 is 0 Å². The van der Waals surface area contributed by atoms with Crippen LogP contribution in [0.2, 0.25) is 0 Å². The lowest BCUT2D eigenvalue weighted by Gasteiger charge is -2.06. The lowest BCUT2D eigenvalue weighted by atomic mass is 10.1. The standard InChI is InChI=1S/C9H10FNO/c1-11-9-6-4-5-12-8(6)3-2-7(9)10/h2-3,11H,4-5H2,1H3. The van der Waals surface area contributed by atoms with E-state index in [0.29, 0.717) is 12.3 Å². The highest BCUT2D eigenvalue weighted by Gasteiger charge is 2.18. The van der Waals surface area contributed by atoms with Crippen LogP contribution in [-0.2, 0) is 6.42 Å². The van der Waals surface area contributed by atoms with E-state index in [2.05, 4.69) is 5.32 Å². The van der Waals surface area contributed by atoms with Crippen LogP contribution in [0.3, 0.4) is 0 Å². The molecule has 1 heterocycles. The first-order chi connectivity index (χ1) is 5.83. The van der Waals surface area contributed by atoms with Crippen molar-refractivity contribution in [3.8, 4) is 5.75 Å². The summed E-state index contributed by atoms with van der Waals surface area (Å²) in [6, 6.07) is 3.11. The van der Waals surface area contributed by atoms with Crippen LogP contribution in [0.4, 0.5) is 10.1 Å². The molecular weight excluding hydrogens is 157 g/mol. The van der Waals surface area contributed by atoms with Crippen molar-refractivity contribution in [3.63, 3.8) is 0 Å². The molecule has 12 heavy (non-hydrogen) atoms. The van der Waals surface area contributed by atoms with Crippen molar-refractivity contribution in [1.82, 2.24) is 0 Å². The van der Waals surface area contributed by atoms with E-state index in [4.69, 9.17) is 4.74 Å². The van der Waals surface area contributed by atoms with Gasteiger partial charge < -0.3 is 10.1 Å². The lowest BCUT2D eigenvalue weighted by molar-refractivity contribution is 0.356. The van der Waals surface area contributed by atoms with Crippen LogP contribution in [-0.4, -0.2) is 13.7 Å². The van der Waals surface area contributed by atoms with Gasteiger partial charge in [0, 0.05) is 19.0 Å². The van der Waals surface area contributed by atoms with Crippen molar-refractivity contribution in [2.75, 3.05) is 19.0 Å². The Labute approximate surface area is 70.3 Å². The Morgan fingerprint density at radius 2 is 2.33 bits per heavy atom. The van der Waals surface area contributed by atoms with Gasteiger partial charge in [-0.25, -0.2) is 4.39 Å². The number of hydrogen-bond donors (Lipinski definition) is 1. The Morgan fingerprint density at radius 3 is 3.08 bits per heavy atom. The minimum absolute atomic E-state index is 0.207. The summed E-state index contributed by atoms with van der Waals surface area (Å²) in [4.78, 5) is 0. The molecule has 1 aromatic rings. The highest BCUT2D eigenvalue weighted by molar-refractivity contribution is 5.59. The fourth-order valence-corrected chi connectivity index (χ4v) is 1.52. The minimum Gasteiger partial charge on any atom is -0.493 e. The Balaban J connectivity index is 2.57. The zero-order valence-corrected chi connectivity index (χ0v) is 6.86. The molecular formula is C9H10FNO. The van der Waals surface area contributed by atoms with Gasteiger partial charge in [-0.15, -0.1) is 0 Å². The quantitative estimate of drug-likeness (QED) is 0.688. The average Bonchev–Trinajstić information content (AvgIpc) is 2.52. The topological polar surface area (TPSA) is 21.3 Å². The molecule has 1 N–H and O–H groups in total. The van der Waals surface area contributed by atoms with E-state index in [0.717, 1.165) is 17.7 Å². The maximum Gasteiger partial charge on any atom is 0.146 e. The van der Waals surface area contributed by atoms with Crippen LogP contribution in [0.25, 0.3) is 0 Å². The molecule has 0 atom stereocenters. The molecule has 0 saturated heterocycles. The molecule has 64 valence electrons. The van der Waals surface area contributed by atoms with Gasteiger partial charge in [0.05, 0.1) is 12.3 Å². The summed E-state index contributed by atoms with van der Waals surface area (Å²) < 4.78 is 18.4. The van der Waals surface area contributed by atoms with E-state index in [1.54, 1.807) is 13.1 Å². The molecule has 0 spiro atoms. The molecule has 2 nitrogen and oxygen atoms in total. The highest BCUT2D eigenvalue weighted by atomic mass is 19.1. The van der Waals surface area contributed by atoms with Gasteiger partial charge in [-0.2, -0.15) is 0 Å². The van der Waals surface area contributed by atoms with Crippen LogP contribution in [0.5, 0.6) is 5.75 Å². The number of fused-ring (bicyclic) bond motifs is 1. The van der Waals surface area contributed by atoms with Crippen molar-refractivity contribution in [3.05, 3.63) is 23.5 Å². The van der Waals surface area contributed by atoms with Gasteiger partial charge in [-0.05, 0) is 12.1 Å². The second-order valence-corrected chi connectivity index (χ2v) is 2.75. The number of benzene rings is 1. The van der Waals surface area contributed by atoms with Crippen molar-refractivity contribution >= 4 is 5.69 Å². The maximum absolute atomic E-state index is 13.1. The fourth-order valence-electron chi connectivity index (χ4n) is 1.52. The first-order valence-electron chi connectivity index (χ1n) is 3.95. The maximum atomic E-state index is 13.1.